The zero-order valence-electron chi connectivity index (χ0n) is 22.4. The van der Waals surface area contributed by atoms with Crippen LogP contribution in [-0.4, -0.2) is 59.5 Å². The molecule has 0 atom stereocenters. The maximum Gasteiger partial charge on any atom is 0.309 e. The highest BCUT2D eigenvalue weighted by Crippen LogP contribution is 2.28. The van der Waals surface area contributed by atoms with E-state index in [1.165, 1.54) is 32.1 Å². The molecule has 7 nitrogen and oxygen atoms in total. The average Bonchev–Trinajstić information content (AvgIpc) is 2.96. The first-order valence-electron chi connectivity index (χ1n) is 13.8. The molecule has 1 aromatic heterocycles. The van der Waals surface area contributed by atoms with E-state index in [9.17, 15) is 9.59 Å². The predicted octanol–water partition coefficient (Wildman–Crippen LogP) is 5.52. The van der Waals surface area contributed by atoms with Gasteiger partial charge in [0.05, 0.1) is 12.5 Å². The topological polar surface area (TPSA) is 75.6 Å². The van der Waals surface area contributed by atoms with Crippen LogP contribution in [0.15, 0.2) is 35.5 Å². The second kappa shape index (κ2) is 13.3. The third-order valence-electron chi connectivity index (χ3n) is 7.54. The molecule has 4 rings (SSSR count). The van der Waals surface area contributed by atoms with Crippen molar-refractivity contribution in [2.24, 2.45) is 5.92 Å². The van der Waals surface area contributed by atoms with Crippen LogP contribution < -0.4 is 4.90 Å². The summed E-state index contributed by atoms with van der Waals surface area (Å²) in [5, 5.41) is 0.787. The van der Waals surface area contributed by atoms with Gasteiger partial charge in [0.1, 0.15) is 5.82 Å². The molecule has 1 aromatic carbocycles. The molecule has 2 fully saturated rings. The van der Waals surface area contributed by atoms with Crippen molar-refractivity contribution in [1.82, 2.24) is 14.9 Å². The Hall–Kier alpha value is -2.61. The number of aryl methyl sites for hydroxylation is 1. The molecule has 1 aliphatic heterocycles. The second-order valence-corrected chi connectivity index (χ2v) is 11.0. The van der Waals surface area contributed by atoms with E-state index in [0.717, 1.165) is 28.7 Å². The Morgan fingerprint density at radius 3 is 2.51 bits per heavy atom. The molecule has 0 N–H and O–H groups in total. The predicted molar refractivity (Wildman–Crippen MR) is 148 cm³/mol. The summed E-state index contributed by atoms with van der Waals surface area (Å²) in [4.78, 5) is 39.0. The van der Waals surface area contributed by atoms with Crippen molar-refractivity contribution < 1.29 is 14.3 Å². The summed E-state index contributed by atoms with van der Waals surface area (Å²) in [6.45, 7) is 5.51. The molecule has 2 aliphatic rings. The fourth-order valence-corrected chi connectivity index (χ4v) is 6.06. The minimum atomic E-state index is -0.143. The average molecular weight is 525 g/mol. The minimum absolute atomic E-state index is 0.0229. The standard InChI is InChI=1S/C29H40N4O3S/c1-4-24-19-26(32(3)25-12-7-6-8-13-25)31-29(30-24)37-20-21-10-9-11-23(18-21)27(34)33-16-14-22(15-17-33)28(35)36-5-2/h9-11,18-19,22,25H,4-8,12-17,20H2,1-3H3. The summed E-state index contributed by atoms with van der Waals surface area (Å²) in [7, 11) is 2.16. The van der Waals surface area contributed by atoms with Crippen LogP contribution in [0.25, 0.3) is 0 Å². The quantitative estimate of drug-likeness (QED) is 0.243. The number of amides is 1. The molecule has 0 radical (unpaired) electrons. The maximum absolute atomic E-state index is 13.2. The van der Waals surface area contributed by atoms with Crippen LogP contribution in [0, 0.1) is 5.92 Å². The third-order valence-corrected chi connectivity index (χ3v) is 8.45. The zero-order valence-corrected chi connectivity index (χ0v) is 23.3. The lowest BCUT2D eigenvalue weighted by Gasteiger charge is -2.32. The van der Waals surface area contributed by atoms with Gasteiger partial charge in [-0.1, -0.05) is 50.1 Å². The van der Waals surface area contributed by atoms with E-state index < -0.39 is 0 Å². The molecule has 8 heteroatoms. The lowest BCUT2D eigenvalue weighted by atomic mass is 9.94. The summed E-state index contributed by atoms with van der Waals surface area (Å²) in [6, 6.07) is 10.5. The Labute approximate surface area is 225 Å². The number of rotatable bonds is 9. The number of thioether (sulfide) groups is 1. The number of carbonyl (C=O) groups is 2. The Morgan fingerprint density at radius 1 is 1.05 bits per heavy atom. The number of esters is 1. The van der Waals surface area contributed by atoms with Crippen molar-refractivity contribution in [2.45, 2.75) is 82.2 Å². The van der Waals surface area contributed by atoms with Gasteiger partial charge in [0.2, 0.25) is 0 Å². The first kappa shape index (κ1) is 27.4. The number of anilines is 1. The normalized spacial score (nSPS) is 17.0. The van der Waals surface area contributed by atoms with E-state index in [1.807, 2.05) is 30.0 Å². The van der Waals surface area contributed by atoms with Gasteiger partial charge in [-0.2, -0.15) is 0 Å². The fraction of sp³-hybridized carbons (Fsp3) is 0.586. The first-order valence-corrected chi connectivity index (χ1v) is 14.8. The van der Waals surface area contributed by atoms with Crippen LogP contribution in [0.1, 0.15) is 80.4 Å². The van der Waals surface area contributed by atoms with Gasteiger partial charge < -0.3 is 14.5 Å². The van der Waals surface area contributed by atoms with Gasteiger partial charge >= 0.3 is 5.97 Å². The van der Waals surface area contributed by atoms with Gasteiger partial charge in [0.25, 0.3) is 5.91 Å². The van der Waals surface area contributed by atoms with Crippen LogP contribution in [-0.2, 0) is 21.7 Å². The molecule has 1 amide bonds. The lowest BCUT2D eigenvalue weighted by molar-refractivity contribution is -0.149. The monoisotopic (exact) mass is 524 g/mol. The van der Waals surface area contributed by atoms with Crippen LogP contribution in [0.5, 0.6) is 0 Å². The van der Waals surface area contributed by atoms with Gasteiger partial charge in [-0.25, -0.2) is 9.97 Å². The number of hydrogen-bond donors (Lipinski definition) is 0. The number of aromatic nitrogens is 2. The molecule has 1 aliphatic carbocycles. The molecule has 1 saturated heterocycles. The van der Waals surface area contributed by atoms with Crippen LogP contribution in [0.2, 0.25) is 0 Å². The number of nitrogens with zero attached hydrogens (tertiary/aromatic N) is 4. The molecular formula is C29H40N4O3S. The summed E-state index contributed by atoms with van der Waals surface area (Å²) >= 11 is 1.62. The number of carbonyl (C=O) groups excluding carboxylic acids is 2. The zero-order chi connectivity index (χ0) is 26.2. The van der Waals surface area contributed by atoms with E-state index >= 15 is 0 Å². The largest absolute Gasteiger partial charge is 0.466 e. The van der Waals surface area contributed by atoms with Gasteiger partial charge in [0, 0.05) is 49.3 Å². The molecule has 0 unspecified atom stereocenters. The smallest absolute Gasteiger partial charge is 0.309 e. The highest BCUT2D eigenvalue weighted by molar-refractivity contribution is 7.98. The number of benzene rings is 1. The molecule has 200 valence electrons. The molecule has 2 aromatic rings. The molecule has 1 saturated carbocycles. The molecule has 37 heavy (non-hydrogen) atoms. The minimum Gasteiger partial charge on any atom is -0.466 e. The van der Waals surface area contributed by atoms with Gasteiger partial charge in [-0.3, -0.25) is 9.59 Å². The number of hydrogen-bond acceptors (Lipinski definition) is 7. The van der Waals surface area contributed by atoms with Crippen LogP contribution >= 0.6 is 11.8 Å². The number of likely N-dealkylation sites (tertiary alicyclic amines) is 1. The summed E-state index contributed by atoms with van der Waals surface area (Å²) < 4.78 is 5.15. The second-order valence-electron chi connectivity index (χ2n) is 10.1. The van der Waals surface area contributed by atoms with E-state index in [2.05, 4.69) is 31.0 Å². The molecule has 0 spiro atoms. The summed E-state index contributed by atoms with van der Waals surface area (Å²) in [5.41, 5.74) is 2.82. The van der Waals surface area contributed by atoms with E-state index in [-0.39, 0.29) is 17.8 Å². The van der Waals surface area contributed by atoms with Crippen LogP contribution in [0.4, 0.5) is 5.82 Å². The van der Waals surface area contributed by atoms with Crippen molar-refractivity contribution in [3.05, 3.63) is 47.2 Å². The molecular weight excluding hydrogens is 484 g/mol. The number of ether oxygens (including phenoxy) is 1. The van der Waals surface area contributed by atoms with Gasteiger partial charge in [-0.15, -0.1) is 0 Å². The van der Waals surface area contributed by atoms with Crippen molar-refractivity contribution in [2.75, 3.05) is 31.6 Å². The lowest BCUT2D eigenvalue weighted by Crippen LogP contribution is -2.40. The third kappa shape index (κ3) is 7.24. The first-order chi connectivity index (χ1) is 18.0. The maximum atomic E-state index is 13.2. The number of piperidine rings is 1. The Balaban J connectivity index is 1.38. The van der Waals surface area contributed by atoms with E-state index in [4.69, 9.17) is 14.7 Å². The highest BCUT2D eigenvalue weighted by Gasteiger charge is 2.28. The highest BCUT2D eigenvalue weighted by atomic mass is 32.2. The Kier molecular flexibility index (Phi) is 9.83. The van der Waals surface area contributed by atoms with Gasteiger partial charge in [0.15, 0.2) is 5.16 Å². The Bertz CT molecular complexity index is 1060. The van der Waals surface area contributed by atoms with Crippen molar-refractivity contribution in [3.63, 3.8) is 0 Å². The SMILES string of the molecule is CCOC(=O)C1CCN(C(=O)c2cccc(CSc3nc(CC)cc(N(C)C4CCCCC4)n3)c2)CC1. The fourth-order valence-electron chi connectivity index (χ4n) is 5.24. The van der Waals surface area contributed by atoms with E-state index in [0.29, 0.717) is 49.9 Å². The van der Waals surface area contributed by atoms with Crippen LogP contribution in [0.3, 0.4) is 0 Å². The molecule has 0 bridgehead atoms. The Morgan fingerprint density at radius 2 is 1.81 bits per heavy atom. The summed E-state index contributed by atoms with van der Waals surface area (Å²) in [6.07, 6.45) is 8.56. The van der Waals surface area contributed by atoms with E-state index in [1.54, 1.807) is 11.8 Å². The summed E-state index contributed by atoms with van der Waals surface area (Å²) in [5.74, 6) is 1.49. The molecule has 2 heterocycles. The van der Waals surface area contributed by atoms with Gasteiger partial charge in [-0.05, 0) is 56.7 Å². The van der Waals surface area contributed by atoms with Crippen molar-refractivity contribution in [3.8, 4) is 0 Å². The van der Waals surface area contributed by atoms with Crippen molar-refractivity contribution in [1.29, 1.82) is 0 Å². The van der Waals surface area contributed by atoms with Crippen molar-refractivity contribution >= 4 is 29.5 Å².